The highest BCUT2D eigenvalue weighted by atomic mass is 16.6. The highest BCUT2D eigenvalue weighted by Gasteiger charge is 2.23. The summed E-state index contributed by atoms with van der Waals surface area (Å²) < 4.78 is 0. The molecule has 5 nitrogen and oxygen atoms in total. The molecule has 0 radical (unpaired) electrons. The largest absolute Gasteiger partial charge is 0.338 e. The van der Waals surface area contributed by atoms with Gasteiger partial charge in [-0.3, -0.25) is 14.9 Å². The van der Waals surface area contributed by atoms with Gasteiger partial charge in [-0.15, -0.1) is 0 Å². The van der Waals surface area contributed by atoms with Gasteiger partial charge in [0, 0.05) is 19.2 Å². The number of nitrogens with zero attached hydrogens (tertiary/aromatic N) is 2. The lowest BCUT2D eigenvalue weighted by molar-refractivity contribution is -0.385. The number of para-hydroxylation sites is 1. The van der Waals surface area contributed by atoms with Crippen molar-refractivity contribution in [2.45, 2.75) is 26.7 Å². The van der Waals surface area contributed by atoms with Crippen molar-refractivity contribution in [3.05, 3.63) is 39.9 Å². The summed E-state index contributed by atoms with van der Waals surface area (Å²) in [6.07, 6.45) is 1.68. The summed E-state index contributed by atoms with van der Waals surface area (Å²) in [5.74, 6) is -0.258. The molecular weight excluding hydrogens is 232 g/mol. The second-order valence-corrected chi connectivity index (χ2v) is 4.07. The smallest absolute Gasteiger partial charge is 0.282 e. The summed E-state index contributed by atoms with van der Waals surface area (Å²) in [4.78, 5) is 24.3. The Kier molecular flexibility index (Phi) is 5.30. The van der Waals surface area contributed by atoms with Crippen molar-refractivity contribution < 1.29 is 9.72 Å². The van der Waals surface area contributed by atoms with Crippen LogP contribution in [-0.2, 0) is 0 Å². The van der Waals surface area contributed by atoms with Crippen molar-refractivity contribution in [1.82, 2.24) is 4.90 Å². The van der Waals surface area contributed by atoms with Gasteiger partial charge in [0.1, 0.15) is 5.56 Å². The van der Waals surface area contributed by atoms with Crippen LogP contribution in [0.3, 0.4) is 0 Å². The van der Waals surface area contributed by atoms with E-state index < -0.39 is 4.92 Å². The Hall–Kier alpha value is -1.91. The molecule has 0 N–H and O–H groups in total. The van der Waals surface area contributed by atoms with Crippen LogP contribution in [0.1, 0.15) is 37.0 Å². The van der Waals surface area contributed by atoms with Crippen molar-refractivity contribution in [1.29, 1.82) is 0 Å². The fraction of sp³-hybridized carbons (Fsp3) is 0.462. The van der Waals surface area contributed by atoms with Crippen LogP contribution in [0.5, 0.6) is 0 Å². The average molecular weight is 250 g/mol. The molecule has 1 aromatic rings. The lowest BCUT2D eigenvalue weighted by Gasteiger charge is -2.21. The lowest BCUT2D eigenvalue weighted by atomic mass is 10.1. The maximum atomic E-state index is 12.3. The topological polar surface area (TPSA) is 63.5 Å². The molecule has 98 valence electrons. The van der Waals surface area contributed by atoms with Crippen molar-refractivity contribution in [2.75, 3.05) is 13.1 Å². The van der Waals surface area contributed by atoms with Gasteiger partial charge in [0.2, 0.25) is 0 Å². The first-order chi connectivity index (χ1) is 8.61. The number of rotatable bonds is 6. The monoisotopic (exact) mass is 250 g/mol. The molecule has 0 aromatic heterocycles. The molecule has 1 rings (SSSR count). The minimum atomic E-state index is -0.511. The predicted molar refractivity (Wildman–Crippen MR) is 69.6 cm³/mol. The number of amides is 1. The van der Waals surface area contributed by atoms with Crippen LogP contribution in [0.25, 0.3) is 0 Å². The van der Waals surface area contributed by atoms with Crippen LogP contribution in [0.15, 0.2) is 24.3 Å². The van der Waals surface area contributed by atoms with Gasteiger partial charge >= 0.3 is 0 Å². The third kappa shape index (κ3) is 3.29. The van der Waals surface area contributed by atoms with Crippen LogP contribution in [-0.4, -0.2) is 28.8 Å². The SMILES string of the molecule is CCCN(CCC)C(=O)c1ccccc1[N+](=O)[O-]. The number of carbonyl (C=O) groups is 1. The molecule has 0 aliphatic heterocycles. The fourth-order valence-electron chi connectivity index (χ4n) is 1.84. The Labute approximate surface area is 107 Å². The molecule has 0 saturated carbocycles. The van der Waals surface area contributed by atoms with Crippen LogP contribution in [0.4, 0.5) is 5.69 Å². The van der Waals surface area contributed by atoms with Crippen LogP contribution in [0, 0.1) is 10.1 Å². The first kappa shape index (κ1) is 14.2. The van der Waals surface area contributed by atoms with E-state index in [1.807, 2.05) is 13.8 Å². The number of carbonyl (C=O) groups excluding carboxylic acids is 1. The third-order valence-electron chi connectivity index (χ3n) is 2.61. The van der Waals surface area contributed by atoms with Gasteiger partial charge in [-0.2, -0.15) is 0 Å². The van der Waals surface area contributed by atoms with Crippen LogP contribution >= 0.6 is 0 Å². The number of nitro groups is 1. The Balaban J connectivity index is 3.04. The fourth-order valence-corrected chi connectivity index (χ4v) is 1.84. The molecule has 0 fully saturated rings. The van der Waals surface area contributed by atoms with E-state index in [2.05, 4.69) is 0 Å². The number of nitro benzene ring substituents is 1. The van der Waals surface area contributed by atoms with Gasteiger partial charge in [-0.05, 0) is 18.9 Å². The highest BCUT2D eigenvalue weighted by Crippen LogP contribution is 2.19. The molecule has 1 amide bonds. The van der Waals surface area contributed by atoms with E-state index in [1.165, 1.54) is 12.1 Å². The van der Waals surface area contributed by atoms with Crippen molar-refractivity contribution >= 4 is 11.6 Å². The van der Waals surface area contributed by atoms with Crippen LogP contribution < -0.4 is 0 Å². The van der Waals surface area contributed by atoms with Crippen molar-refractivity contribution in [3.63, 3.8) is 0 Å². The summed E-state index contributed by atoms with van der Waals surface area (Å²) in [5.41, 5.74) is 0.0455. The maximum absolute atomic E-state index is 12.3. The van der Waals surface area contributed by atoms with Crippen molar-refractivity contribution in [2.24, 2.45) is 0 Å². The summed E-state index contributed by atoms with van der Waals surface area (Å²) in [6.45, 7) is 5.21. The van der Waals surface area contributed by atoms with E-state index in [1.54, 1.807) is 17.0 Å². The summed E-state index contributed by atoms with van der Waals surface area (Å²) in [5, 5.41) is 10.9. The molecular formula is C13H18N2O3. The molecule has 18 heavy (non-hydrogen) atoms. The van der Waals surface area contributed by atoms with Gasteiger partial charge in [-0.25, -0.2) is 0 Å². The molecule has 0 saturated heterocycles. The standard InChI is InChI=1S/C13H18N2O3/c1-3-9-14(10-4-2)13(16)11-7-5-6-8-12(11)15(17)18/h5-8H,3-4,9-10H2,1-2H3. The minimum Gasteiger partial charge on any atom is -0.338 e. The van der Waals surface area contributed by atoms with Crippen LogP contribution in [0.2, 0.25) is 0 Å². The number of hydrogen-bond donors (Lipinski definition) is 0. The van der Waals surface area contributed by atoms with Gasteiger partial charge in [0.05, 0.1) is 4.92 Å². The molecule has 0 aliphatic carbocycles. The number of hydrogen-bond acceptors (Lipinski definition) is 3. The molecule has 0 aliphatic rings. The van der Waals surface area contributed by atoms with E-state index >= 15 is 0 Å². The maximum Gasteiger partial charge on any atom is 0.282 e. The highest BCUT2D eigenvalue weighted by molar-refractivity contribution is 5.98. The minimum absolute atomic E-state index is 0.125. The first-order valence-corrected chi connectivity index (χ1v) is 6.14. The lowest BCUT2D eigenvalue weighted by Crippen LogP contribution is -2.32. The Bertz CT molecular complexity index is 426. The van der Waals surface area contributed by atoms with Gasteiger partial charge in [0.15, 0.2) is 0 Å². The molecule has 0 unspecified atom stereocenters. The van der Waals surface area contributed by atoms with Crippen molar-refractivity contribution in [3.8, 4) is 0 Å². The molecule has 1 aromatic carbocycles. The molecule has 0 bridgehead atoms. The molecule has 0 atom stereocenters. The summed E-state index contributed by atoms with van der Waals surface area (Å²) in [6, 6.07) is 6.09. The number of benzene rings is 1. The second-order valence-electron chi connectivity index (χ2n) is 4.07. The Morgan fingerprint density at radius 1 is 1.22 bits per heavy atom. The average Bonchev–Trinajstić information content (AvgIpc) is 2.37. The van der Waals surface area contributed by atoms with Gasteiger partial charge < -0.3 is 4.90 Å². The third-order valence-corrected chi connectivity index (χ3v) is 2.61. The zero-order valence-corrected chi connectivity index (χ0v) is 10.8. The van der Waals surface area contributed by atoms with Gasteiger partial charge in [-0.1, -0.05) is 26.0 Å². The van der Waals surface area contributed by atoms with Gasteiger partial charge in [0.25, 0.3) is 11.6 Å². The van der Waals surface area contributed by atoms with E-state index in [0.717, 1.165) is 12.8 Å². The van der Waals surface area contributed by atoms with E-state index in [9.17, 15) is 14.9 Å². The predicted octanol–water partition coefficient (Wildman–Crippen LogP) is 2.86. The summed E-state index contributed by atoms with van der Waals surface area (Å²) >= 11 is 0. The first-order valence-electron chi connectivity index (χ1n) is 6.14. The Morgan fingerprint density at radius 3 is 2.28 bits per heavy atom. The molecule has 0 spiro atoms. The Morgan fingerprint density at radius 2 is 1.78 bits per heavy atom. The van der Waals surface area contributed by atoms with E-state index in [-0.39, 0.29) is 17.2 Å². The summed E-state index contributed by atoms with van der Waals surface area (Å²) in [7, 11) is 0. The van der Waals surface area contributed by atoms with E-state index in [4.69, 9.17) is 0 Å². The zero-order valence-electron chi connectivity index (χ0n) is 10.8. The van der Waals surface area contributed by atoms with E-state index in [0.29, 0.717) is 13.1 Å². The molecule has 0 heterocycles. The quantitative estimate of drug-likeness (QED) is 0.576. The normalized spacial score (nSPS) is 10.1. The second kappa shape index (κ2) is 6.74. The molecule has 5 heteroatoms. The zero-order chi connectivity index (χ0) is 13.5.